The zero-order valence-electron chi connectivity index (χ0n) is 7.83. The second-order valence-electron chi connectivity index (χ2n) is 2.79. The molecule has 0 fully saturated rings. The number of hydrogen-bond donors (Lipinski definition) is 0. The first kappa shape index (κ1) is 9.80. The van der Waals surface area contributed by atoms with Crippen LogP contribution in [-0.2, 0) is 0 Å². The number of rotatable bonds is 2. The van der Waals surface area contributed by atoms with E-state index in [0.29, 0.717) is 0 Å². The van der Waals surface area contributed by atoms with Gasteiger partial charge in [0.25, 0.3) is 0 Å². The number of fused-ring (bicyclic) bond motifs is 1. The van der Waals surface area contributed by atoms with Crippen molar-refractivity contribution >= 4 is 37.4 Å². The molecule has 0 aliphatic heterocycles. The Bertz CT molecular complexity index is 464. The molecule has 0 aliphatic carbocycles. The van der Waals surface area contributed by atoms with Crippen LogP contribution in [0.15, 0.2) is 22.0 Å². The van der Waals surface area contributed by atoms with Gasteiger partial charge < -0.3 is 9.47 Å². The number of thiophene rings is 1. The first-order chi connectivity index (χ1) is 6.76. The summed E-state index contributed by atoms with van der Waals surface area (Å²) in [7, 11) is 3.29. The zero-order chi connectivity index (χ0) is 10.1. The molecule has 0 radical (unpaired) electrons. The molecule has 2 aromatic rings. The van der Waals surface area contributed by atoms with Crippen molar-refractivity contribution in [3.63, 3.8) is 0 Å². The minimum atomic E-state index is 0.763. The first-order valence-corrected chi connectivity index (χ1v) is 5.72. The molecule has 0 spiro atoms. The smallest absolute Gasteiger partial charge is 0.162 e. The van der Waals surface area contributed by atoms with Gasteiger partial charge in [-0.05, 0) is 22.0 Å². The van der Waals surface area contributed by atoms with Crippen LogP contribution in [0, 0.1) is 0 Å². The highest BCUT2D eigenvalue weighted by Gasteiger charge is 2.08. The fourth-order valence-corrected chi connectivity index (χ4v) is 2.89. The van der Waals surface area contributed by atoms with E-state index in [1.54, 1.807) is 25.6 Å². The van der Waals surface area contributed by atoms with E-state index in [4.69, 9.17) is 9.47 Å². The predicted octanol–water partition coefficient (Wildman–Crippen LogP) is 3.68. The van der Waals surface area contributed by atoms with Crippen LogP contribution in [-0.4, -0.2) is 14.2 Å². The third kappa shape index (κ3) is 1.48. The number of hydrogen-bond acceptors (Lipinski definition) is 3. The molecule has 0 N–H and O–H groups in total. The van der Waals surface area contributed by atoms with Crippen LogP contribution in [0.25, 0.3) is 10.1 Å². The molecule has 74 valence electrons. The van der Waals surface area contributed by atoms with Gasteiger partial charge in [-0.3, -0.25) is 0 Å². The summed E-state index contributed by atoms with van der Waals surface area (Å²) in [5, 5.41) is 3.22. The molecule has 1 aromatic heterocycles. The van der Waals surface area contributed by atoms with E-state index in [-0.39, 0.29) is 0 Å². The van der Waals surface area contributed by atoms with E-state index in [9.17, 15) is 0 Å². The monoisotopic (exact) mass is 272 g/mol. The second kappa shape index (κ2) is 3.79. The van der Waals surface area contributed by atoms with Gasteiger partial charge in [0.1, 0.15) is 0 Å². The summed E-state index contributed by atoms with van der Waals surface area (Å²) in [6.45, 7) is 0. The van der Waals surface area contributed by atoms with Crippen molar-refractivity contribution in [1.29, 1.82) is 0 Å². The van der Waals surface area contributed by atoms with Gasteiger partial charge in [0.05, 0.1) is 14.2 Å². The predicted molar refractivity (Wildman–Crippen MR) is 62.6 cm³/mol. The Morgan fingerprint density at radius 1 is 1.14 bits per heavy atom. The maximum atomic E-state index is 5.23. The van der Waals surface area contributed by atoms with Crippen LogP contribution >= 0.6 is 27.3 Å². The van der Waals surface area contributed by atoms with Gasteiger partial charge in [-0.15, -0.1) is 11.3 Å². The van der Waals surface area contributed by atoms with Crippen molar-refractivity contribution in [2.45, 2.75) is 0 Å². The van der Waals surface area contributed by atoms with Crippen LogP contribution in [0.1, 0.15) is 0 Å². The number of ether oxygens (including phenoxy) is 2. The highest BCUT2D eigenvalue weighted by molar-refractivity contribution is 9.10. The van der Waals surface area contributed by atoms with E-state index in [1.165, 1.54) is 4.70 Å². The fraction of sp³-hybridized carbons (Fsp3) is 0.200. The number of halogens is 1. The van der Waals surface area contributed by atoms with E-state index in [1.807, 2.05) is 12.1 Å². The molecule has 0 saturated heterocycles. The Morgan fingerprint density at radius 2 is 1.79 bits per heavy atom. The second-order valence-corrected chi connectivity index (χ2v) is 4.55. The standard InChI is InChI=1S/C10H9BrO2S/c1-12-8-3-6-7(11)5-14-10(6)4-9(8)13-2/h3-5H,1-2H3. The van der Waals surface area contributed by atoms with Crippen LogP contribution in [0.3, 0.4) is 0 Å². The molecule has 1 heterocycles. The van der Waals surface area contributed by atoms with E-state index in [0.717, 1.165) is 21.4 Å². The van der Waals surface area contributed by atoms with E-state index < -0.39 is 0 Å². The lowest BCUT2D eigenvalue weighted by Crippen LogP contribution is -1.89. The average Bonchev–Trinajstić information content (AvgIpc) is 2.58. The van der Waals surface area contributed by atoms with Crippen molar-refractivity contribution in [2.24, 2.45) is 0 Å². The molecule has 0 unspecified atom stereocenters. The van der Waals surface area contributed by atoms with Crippen molar-refractivity contribution in [3.05, 3.63) is 22.0 Å². The molecule has 0 bridgehead atoms. The van der Waals surface area contributed by atoms with E-state index >= 15 is 0 Å². The molecular weight excluding hydrogens is 264 g/mol. The summed E-state index contributed by atoms with van der Waals surface area (Å²) in [6.07, 6.45) is 0. The van der Waals surface area contributed by atoms with Crippen LogP contribution < -0.4 is 9.47 Å². The van der Waals surface area contributed by atoms with Gasteiger partial charge in [-0.1, -0.05) is 0 Å². The molecule has 14 heavy (non-hydrogen) atoms. The summed E-state index contributed by atoms with van der Waals surface area (Å²) in [4.78, 5) is 0. The largest absolute Gasteiger partial charge is 0.493 e. The molecule has 0 atom stereocenters. The average molecular weight is 273 g/mol. The number of methoxy groups -OCH3 is 2. The summed E-state index contributed by atoms with van der Waals surface area (Å²) in [6, 6.07) is 3.97. The molecule has 2 rings (SSSR count). The Hall–Kier alpha value is -0.740. The maximum Gasteiger partial charge on any atom is 0.162 e. The first-order valence-electron chi connectivity index (χ1n) is 4.05. The molecule has 0 amide bonds. The van der Waals surface area contributed by atoms with Crippen molar-refractivity contribution in [2.75, 3.05) is 14.2 Å². The molecular formula is C10H9BrO2S. The lowest BCUT2D eigenvalue weighted by atomic mass is 10.2. The van der Waals surface area contributed by atoms with Crippen LogP contribution in [0.2, 0.25) is 0 Å². The summed E-state index contributed by atoms with van der Waals surface area (Å²) in [5.74, 6) is 1.54. The van der Waals surface area contributed by atoms with Gasteiger partial charge in [0.2, 0.25) is 0 Å². The summed E-state index contributed by atoms with van der Waals surface area (Å²) < 4.78 is 12.7. The Kier molecular flexibility index (Phi) is 2.65. The molecule has 2 nitrogen and oxygen atoms in total. The summed E-state index contributed by atoms with van der Waals surface area (Å²) in [5.41, 5.74) is 0. The maximum absolute atomic E-state index is 5.23. The third-order valence-electron chi connectivity index (χ3n) is 2.03. The molecule has 0 saturated carbocycles. The summed E-state index contributed by atoms with van der Waals surface area (Å²) >= 11 is 5.17. The van der Waals surface area contributed by atoms with Gasteiger partial charge in [0.15, 0.2) is 11.5 Å². The van der Waals surface area contributed by atoms with Crippen molar-refractivity contribution in [3.8, 4) is 11.5 Å². The number of benzene rings is 1. The third-order valence-corrected chi connectivity index (χ3v) is 3.94. The minimum absolute atomic E-state index is 0.763. The molecule has 4 heteroatoms. The van der Waals surface area contributed by atoms with Crippen molar-refractivity contribution in [1.82, 2.24) is 0 Å². The Balaban J connectivity index is 2.71. The van der Waals surface area contributed by atoms with E-state index in [2.05, 4.69) is 21.3 Å². The SMILES string of the molecule is COc1cc2scc(Br)c2cc1OC. The fourth-order valence-electron chi connectivity index (χ4n) is 1.32. The van der Waals surface area contributed by atoms with Gasteiger partial charge in [0, 0.05) is 26.0 Å². The zero-order valence-corrected chi connectivity index (χ0v) is 10.2. The minimum Gasteiger partial charge on any atom is -0.493 e. The van der Waals surface area contributed by atoms with Crippen LogP contribution in [0.5, 0.6) is 11.5 Å². The Morgan fingerprint density at radius 3 is 2.43 bits per heavy atom. The molecule has 1 aromatic carbocycles. The van der Waals surface area contributed by atoms with Gasteiger partial charge in [-0.2, -0.15) is 0 Å². The van der Waals surface area contributed by atoms with Gasteiger partial charge >= 0.3 is 0 Å². The highest BCUT2D eigenvalue weighted by Crippen LogP contribution is 2.38. The highest BCUT2D eigenvalue weighted by atomic mass is 79.9. The van der Waals surface area contributed by atoms with Crippen LogP contribution in [0.4, 0.5) is 0 Å². The lowest BCUT2D eigenvalue weighted by molar-refractivity contribution is 0.356. The quantitative estimate of drug-likeness (QED) is 0.831. The topological polar surface area (TPSA) is 18.5 Å². The van der Waals surface area contributed by atoms with Gasteiger partial charge in [-0.25, -0.2) is 0 Å². The normalized spacial score (nSPS) is 10.5. The molecule has 0 aliphatic rings. The lowest BCUT2D eigenvalue weighted by Gasteiger charge is -2.06. The Labute approximate surface area is 94.6 Å². The van der Waals surface area contributed by atoms with Crippen molar-refractivity contribution < 1.29 is 9.47 Å².